The van der Waals surface area contributed by atoms with Crippen LogP contribution in [0.2, 0.25) is 0 Å². The molecule has 2 nitrogen and oxygen atoms in total. The van der Waals surface area contributed by atoms with E-state index in [1.54, 1.807) is 0 Å². The van der Waals surface area contributed by atoms with Crippen molar-refractivity contribution in [1.29, 1.82) is 0 Å². The van der Waals surface area contributed by atoms with Gasteiger partial charge in [0, 0.05) is 0 Å². The Morgan fingerprint density at radius 3 is 2.54 bits per heavy atom. The Labute approximate surface area is 81.7 Å². The molecule has 78 valence electrons. The van der Waals surface area contributed by atoms with Crippen molar-refractivity contribution in [3.63, 3.8) is 0 Å². The fourth-order valence-corrected chi connectivity index (χ4v) is 1.56. The summed E-state index contributed by atoms with van der Waals surface area (Å²) in [5, 5.41) is 12.9. The van der Waals surface area contributed by atoms with E-state index in [0.29, 0.717) is 0 Å². The lowest BCUT2D eigenvalue weighted by atomic mass is 10.0. The van der Waals surface area contributed by atoms with Gasteiger partial charge >= 0.3 is 0 Å². The second-order valence-corrected chi connectivity index (χ2v) is 5.08. The minimum Gasteiger partial charge on any atom is -0.390 e. The summed E-state index contributed by atoms with van der Waals surface area (Å²) in [5.74, 6) is 1.80. The SMILES string of the molecule is CC(CNCCC(C)(C)O)C1CC1. The van der Waals surface area contributed by atoms with Crippen LogP contribution in [0.3, 0.4) is 0 Å². The molecule has 1 aliphatic rings. The van der Waals surface area contributed by atoms with Crippen LogP contribution in [0.1, 0.15) is 40.0 Å². The summed E-state index contributed by atoms with van der Waals surface area (Å²) in [4.78, 5) is 0. The molecule has 0 spiro atoms. The predicted molar refractivity (Wildman–Crippen MR) is 55.7 cm³/mol. The van der Waals surface area contributed by atoms with Gasteiger partial charge < -0.3 is 10.4 Å². The molecule has 1 fully saturated rings. The number of aliphatic hydroxyl groups is 1. The van der Waals surface area contributed by atoms with E-state index in [-0.39, 0.29) is 0 Å². The maximum Gasteiger partial charge on any atom is 0.0603 e. The van der Waals surface area contributed by atoms with Gasteiger partial charge in [0.05, 0.1) is 5.60 Å². The molecular formula is C11H23NO. The first-order valence-electron chi connectivity index (χ1n) is 5.42. The minimum atomic E-state index is -0.518. The highest BCUT2D eigenvalue weighted by Gasteiger charge is 2.27. The zero-order valence-corrected chi connectivity index (χ0v) is 9.14. The van der Waals surface area contributed by atoms with Crippen LogP contribution < -0.4 is 5.32 Å². The summed E-state index contributed by atoms with van der Waals surface area (Å²) in [5.41, 5.74) is -0.518. The van der Waals surface area contributed by atoms with E-state index in [4.69, 9.17) is 0 Å². The van der Waals surface area contributed by atoms with Gasteiger partial charge in [-0.15, -0.1) is 0 Å². The van der Waals surface area contributed by atoms with E-state index < -0.39 is 5.60 Å². The molecule has 0 bridgehead atoms. The molecule has 2 N–H and O–H groups in total. The van der Waals surface area contributed by atoms with Crippen LogP contribution in [0.15, 0.2) is 0 Å². The Bertz CT molecular complexity index is 147. The van der Waals surface area contributed by atoms with Gasteiger partial charge in [-0.3, -0.25) is 0 Å². The Kier molecular flexibility index (Phi) is 3.74. The van der Waals surface area contributed by atoms with Gasteiger partial charge in [-0.2, -0.15) is 0 Å². The van der Waals surface area contributed by atoms with Crippen molar-refractivity contribution in [3.05, 3.63) is 0 Å². The van der Waals surface area contributed by atoms with Crippen molar-refractivity contribution < 1.29 is 5.11 Å². The molecule has 0 heterocycles. The lowest BCUT2D eigenvalue weighted by molar-refractivity contribution is 0.0709. The fourth-order valence-electron chi connectivity index (χ4n) is 1.56. The fraction of sp³-hybridized carbons (Fsp3) is 1.00. The first-order valence-corrected chi connectivity index (χ1v) is 5.42. The molecule has 1 saturated carbocycles. The van der Waals surface area contributed by atoms with Crippen LogP contribution in [-0.4, -0.2) is 23.8 Å². The molecule has 0 amide bonds. The van der Waals surface area contributed by atoms with Gasteiger partial charge in [0.15, 0.2) is 0 Å². The van der Waals surface area contributed by atoms with Crippen molar-refractivity contribution in [1.82, 2.24) is 5.32 Å². The average Bonchev–Trinajstić information content (AvgIpc) is 2.77. The summed E-state index contributed by atoms with van der Waals surface area (Å²) in [6.45, 7) is 8.08. The Hall–Kier alpha value is -0.0800. The van der Waals surface area contributed by atoms with Crippen molar-refractivity contribution in [3.8, 4) is 0 Å². The third-order valence-corrected chi connectivity index (χ3v) is 2.81. The maximum absolute atomic E-state index is 9.46. The summed E-state index contributed by atoms with van der Waals surface area (Å²) >= 11 is 0. The van der Waals surface area contributed by atoms with Crippen molar-refractivity contribution in [2.75, 3.05) is 13.1 Å². The maximum atomic E-state index is 9.46. The van der Waals surface area contributed by atoms with E-state index >= 15 is 0 Å². The molecule has 0 saturated heterocycles. The van der Waals surface area contributed by atoms with Gasteiger partial charge in [-0.1, -0.05) is 6.92 Å². The largest absolute Gasteiger partial charge is 0.390 e. The monoisotopic (exact) mass is 185 g/mol. The third kappa shape index (κ3) is 5.27. The molecule has 0 aliphatic heterocycles. The first kappa shape index (κ1) is 11.0. The Morgan fingerprint density at radius 2 is 2.08 bits per heavy atom. The Balaban J connectivity index is 1.94. The van der Waals surface area contributed by atoms with Gasteiger partial charge in [0.1, 0.15) is 0 Å². The van der Waals surface area contributed by atoms with E-state index in [9.17, 15) is 5.11 Å². The lowest BCUT2D eigenvalue weighted by Gasteiger charge is -2.18. The second kappa shape index (κ2) is 4.43. The minimum absolute atomic E-state index is 0.518. The van der Waals surface area contributed by atoms with Gasteiger partial charge in [0.2, 0.25) is 0 Å². The second-order valence-electron chi connectivity index (χ2n) is 5.08. The highest BCUT2D eigenvalue weighted by molar-refractivity contribution is 4.80. The molecule has 1 rings (SSSR count). The summed E-state index contributed by atoms with van der Waals surface area (Å²) < 4.78 is 0. The smallest absolute Gasteiger partial charge is 0.0603 e. The number of nitrogens with one attached hydrogen (secondary N) is 1. The van der Waals surface area contributed by atoms with Crippen LogP contribution in [0, 0.1) is 11.8 Å². The molecule has 0 aromatic heterocycles. The van der Waals surface area contributed by atoms with Crippen LogP contribution in [0.4, 0.5) is 0 Å². The molecule has 0 aromatic rings. The average molecular weight is 185 g/mol. The molecular weight excluding hydrogens is 162 g/mol. The molecule has 1 aliphatic carbocycles. The molecule has 13 heavy (non-hydrogen) atoms. The standard InChI is InChI=1S/C11H23NO/c1-9(10-4-5-10)8-12-7-6-11(2,3)13/h9-10,12-13H,4-8H2,1-3H3. The number of hydrogen-bond acceptors (Lipinski definition) is 2. The topological polar surface area (TPSA) is 32.3 Å². The first-order chi connectivity index (χ1) is 5.99. The van der Waals surface area contributed by atoms with Crippen LogP contribution in [-0.2, 0) is 0 Å². The van der Waals surface area contributed by atoms with Crippen molar-refractivity contribution in [2.45, 2.75) is 45.6 Å². The van der Waals surface area contributed by atoms with E-state index in [0.717, 1.165) is 31.3 Å². The molecule has 1 unspecified atom stereocenters. The van der Waals surface area contributed by atoms with Crippen LogP contribution in [0.5, 0.6) is 0 Å². The van der Waals surface area contributed by atoms with E-state index in [2.05, 4.69) is 12.2 Å². The Morgan fingerprint density at radius 1 is 1.46 bits per heavy atom. The van der Waals surface area contributed by atoms with Gasteiger partial charge in [0.25, 0.3) is 0 Å². The summed E-state index contributed by atoms with van der Waals surface area (Å²) in [6.07, 6.45) is 3.69. The summed E-state index contributed by atoms with van der Waals surface area (Å²) in [6, 6.07) is 0. The highest BCUT2D eigenvalue weighted by atomic mass is 16.3. The van der Waals surface area contributed by atoms with E-state index in [1.165, 1.54) is 12.8 Å². The quantitative estimate of drug-likeness (QED) is 0.618. The zero-order valence-electron chi connectivity index (χ0n) is 9.14. The molecule has 0 aromatic carbocycles. The molecule has 2 heteroatoms. The normalized spacial score (nSPS) is 20.3. The predicted octanol–water partition coefficient (Wildman–Crippen LogP) is 1.78. The lowest BCUT2D eigenvalue weighted by Crippen LogP contribution is -2.29. The van der Waals surface area contributed by atoms with Crippen LogP contribution in [0.25, 0.3) is 0 Å². The van der Waals surface area contributed by atoms with E-state index in [1.807, 2.05) is 13.8 Å². The number of rotatable bonds is 6. The van der Waals surface area contributed by atoms with Gasteiger partial charge in [-0.05, 0) is 58.0 Å². The van der Waals surface area contributed by atoms with Crippen LogP contribution >= 0.6 is 0 Å². The van der Waals surface area contributed by atoms with Crippen molar-refractivity contribution in [2.24, 2.45) is 11.8 Å². The molecule has 1 atom stereocenters. The summed E-state index contributed by atoms with van der Waals surface area (Å²) in [7, 11) is 0. The highest BCUT2D eigenvalue weighted by Crippen LogP contribution is 2.35. The molecule has 0 radical (unpaired) electrons. The third-order valence-electron chi connectivity index (χ3n) is 2.81. The number of hydrogen-bond donors (Lipinski definition) is 2. The van der Waals surface area contributed by atoms with Crippen molar-refractivity contribution >= 4 is 0 Å². The van der Waals surface area contributed by atoms with Gasteiger partial charge in [-0.25, -0.2) is 0 Å². The zero-order chi connectivity index (χ0) is 9.90.